The summed E-state index contributed by atoms with van der Waals surface area (Å²) in [6, 6.07) is 12.8. The van der Waals surface area contributed by atoms with E-state index >= 15 is 0 Å². The van der Waals surface area contributed by atoms with E-state index in [-0.39, 0.29) is 0 Å². The van der Waals surface area contributed by atoms with E-state index in [1.54, 1.807) is 0 Å². The predicted molar refractivity (Wildman–Crippen MR) is 135 cm³/mol. The van der Waals surface area contributed by atoms with Crippen LogP contribution >= 0.6 is 0 Å². The summed E-state index contributed by atoms with van der Waals surface area (Å²) < 4.78 is 5.74. The Bertz CT molecular complexity index is 825. The van der Waals surface area contributed by atoms with Crippen molar-refractivity contribution in [3.05, 3.63) is 60.3 Å². The van der Waals surface area contributed by atoms with E-state index in [4.69, 9.17) is 9.72 Å². The quantitative estimate of drug-likeness (QED) is 0.468. The van der Waals surface area contributed by atoms with Crippen LogP contribution in [-0.4, -0.2) is 55.3 Å². The fourth-order valence-corrected chi connectivity index (χ4v) is 4.53. The Morgan fingerprint density at radius 1 is 1.09 bits per heavy atom. The van der Waals surface area contributed by atoms with Gasteiger partial charge in [0, 0.05) is 56.2 Å². The minimum atomic E-state index is 0.592. The molecule has 1 aromatic carbocycles. The molecule has 0 unspecified atom stereocenters. The molecule has 1 N–H and O–H groups in total. The van der Waals surface area contributed by atoms with Gasteiger partial charge in [0.1, 0.15) is 18.2 Å². The second-order valence-corrected chi connectivity index (χ2v) is 8.69. The first-order chi connectivity index (χ1) is 15.6. The van der Waals surface area contributed by atoms with Crippen molar-refractivity contribution in [3.63, 3.8) is 0 Å². The van der Waals surface area contributed by atoms with Crippen LogP contribution in [0.25, 0.3) is 5.70 Å². The molecule has 0 atom stereocenters. The van der Waals surface area contributed by atoms with E-state index in [1.165, 1.54) is 31.2 Å². The topological polar surface area (TPSA) is 40.6 Å². The van der Waals surface area contributed by atoms with Gasteiger partial charge < -0.3 is 15.0 Å². The first kappa shape index (κ1) is 24.1. The number of anilines is 1. The predicted octanol–water partition coefficient (Wildman–Crippen LogP) is 5.12. The summed E-state index contributed by atoms with van der Waals surface area (Å²) in [7, 11) is 0. The number of pyridine rings is 1. The number of aryl methyl sites for hydroxylation is 1. The highest BCUT2D eigenvalue weighted by molar-refractivity contribution is 5.64. The van der Waals surface area contributed by atoms with E-state index in [2.05, 4.69) is 48.5 Å². The third-order valence-electron chi connectivity index (χ3n) is 6.23. The highest BCUT2D eigenvalue weighted by Crippen LogP contribution is 2.23. The van der Waals surface area contributed by atoms with Crippen molar-refractivity contribution in [2.45, 2.75) is 52.5 Å². The van der Waals surface area contributed by atoms with Gasteiger partial charge in [0.25, 0.3) is 0 Å². The van der Waals surface area contributed by atoms with Crippen molar-refractivity contribution in [1.82, 2.24) is 15.2 Å². The molecule has 1 aliphatic heterocycles. The van der Waals surface area contributed by atoms with Gasteiger partial charge in [0.05, 0.1) is 0 Å². The molecule has 1 fully saturated rings. The summed E-state index contributed by atoms with van der Waals surface area (Å²) in [6.45, 7) is 16.6. The van der Waals surface area contributed by atoms with Crippen molar-refractivity contribution >= 4 is 11.5 Å². The average Bonchev–Trinajstić information content (AvgIpc) is 2.82. The molecule has 0 amide bonds. The molecule has 0 saturated carbocycles. The van der Waals surface area contributed by atoms with Crippen molar-refractivity contribution in [2.75, 3.05) is 44.2 Å². The van der Waals surface area contributed by atoms with E-state index in [0.717, 1.165) is 55.0 Å². The number of hydrogen-bond acceptors (Lipinski definition) is 5. The Morgan fingerprint density at radius 2 is 1.78 bits per heavy atom. The van der Waals surface area contributed by atoms with Crippen molar-refractivity contribution in [2.24, 2.45) is 0 Å². The smallest absolute Gasteiger partial charge is 0.131 e. The molecule has 0 spiro atoms. The molecular weight excluding hydrogens is 396 g/mol. The zero-order chi connectivity index (χ0) is 22.8. The van der Waals surface area contributed by atoms with Crippen LogP contribution in [0.5, 0.6) is 5.75 Å². The van der Waals surface area contributed by atoms with Gasteiger partial charge >= 0.3 is 0 Å². The molecule has 1 aliphatic rings. The maximum Gasteiger partial charge on any atom is 0.131 e. The fourth-order valence-electron chi connectivity index (χ4n) is 4.53. The number of hydrogen-bond donors (Lipinski definition) is 1. The first-order valence-electron chi connectivity index (χ1n) is 12.2. The summed E-state index contributed by atoms with van der Waals surface area (Å²) in [5.41, 5.74) is 3.13. The lowest BCUT2D eigenvalue weighted by Crippen LogP contribution is -2.50. The van der Waals surface area contributed by atoms with Crippen LogP contribution in [0.1, 0.15) is 50.7 Å². The Morgan fingerprint density at radius 3 is 2.41 bits per heavy atom. The first-order valence-corrected chi connectivity index (χ1v) is 12.2. The third kappa shape index (κ3) is 6.73. The van der Waals surface area contributed by atoms with Crippen LogP contribution in [0.4, 0.5) is 5.82 Å². The van der Waals surface area contributed by atoms with Gasteiger partial charge in [0.15, 0.2) is 0 Å². The number of para-hydroxylation sites is 1. The molecule has 5 heteroatoms. The Hall–Kier alpha value is -2.53. The van der Waals surface area contributed by atoms with Crippen LogP contribution in [0.2, 0.25) is 0 Å². The van der Waals surface area contributed by atoms with E-state index in [9.17, 15) is 0 Å². The minimum Gasteiger partial charge on any atom is -0.492 e. The van der Waals surface area contributed by atoms with Crippen LogP contribution < -0.4 is 15.0 Å². The van der Waals surface area contributed by atoms with Gasteiger partial charge in [-0.05, 0) is 43.5 Å². The number of benzene rings is 1. The monoisotopic (exact) mass is 436 g/mol. The molecule has 174 valence electrons. The summed E-state index contributed by atoms with van der Waals surface area (Å²) in [5.74, 6) is 1.99. The second-order valence-electron chi connectivity index (χ2n) is 8.69. The van der Waals surface area contributed by atoms with Crippen molar-refractivity contribution in [1.29, 1.82) is 0 Å². The molecule has 2 aromatic rings. The SMILES string of the molecule is C=C(NCCOc1ccccc1)c1cnc(N2CCN(C(CCC)CCC)CC2)c(C)c1. The molecule has 1 saturated heterocycles. The minimum absolute atomic E-state index is 0.592. The lowest BCUT2D eigenvalue weighted by molar-refractivity contribution is 0.165. The normalized spacial score (nSPS) is 14.6. The fraction of sp³-hybridized carbons (Fsp3) is 0.519. The maximum absolute atomic E-state index is 5.74. The average molecular weight is 437 g/mol. The Balaban J connectivity index is 1.48. The molecule has 5 nitrogen and oxygen atoms in total. The van der Waals surface area contributed by atoms with Gasteiger partial charge in [0.2, 0.25) is 0 Å². The molecule has 0 aliphatic carbocycles. The lowest BCUT2D eigenvalue weighted by atomic mass is 10.0. The van der Waals surface area contributed by atoms with Crippen molar-refractivity contribution in [3.8, 4) is 5.75 Å². The van der Waals surface area contributed by atoms with E-state index in [1.807, 2.05) is 36.5 Å². The molecule has 0 radical (unpaired) electrons. The van der Waals surface area contributed by atoms with Gasteiger partial charge in [-0.3, -0.25) is 4.90 Å². The summed E-state index contributed by atoms with van der Waals surface area (Å²) in [5, 5.41) is 3.36. The highest BCUT2D eigenvalue weighted by atomic mass is 16.5. The number of rotatable bonds is 12. The Kier molecular flexibility index (Phi) is 9.42. The molecule has 32 heavy (non-hydrogen) atoms. The summed E-state index contributed by atoms with van der Waals surface area (Å²) >= 11 is 0. The van der Waals surface area contributed by atoms with Crippen LogP contribution in [0, 0.1) is 6.92 Å². The summed E-state index contributed by atoms with van der Waals surface area (Å²) in [4.78, 5) is 9.95. The number of nitrogens with one attached hydrogen (secondary N) is 1. The molecule has 2 heterocycles. The number of ether oxygens (including phenoxy) is 1. The van der Waals surface area contributed by atoms with Crippen molar-refractivity contribution < 1.29 is 4.74 Å². The molecule has 3 rings (SSSR count). The zero-order valence-electron chi connectivity index (χ0n) is 20.1. The number of nitrogens with zero attached hydrogens (tertiary/aromatic N) is 3. The number of aromatic nitrogens is 1. The largest absolute Gasteiger partial charge is 0.492 e. The Labute approximate surface area is 194 Å². The van der Waals surface area contributed by atoms with E-state index in [0.29, 0.717) is 13.2 Å². The van der Waals surface area contributed by atoms with Crippen LogP contribution in [0.3, 0.4) is 0 Å². The van der Waals surface area contributed by atoms with Gasteiger partial charge in [-0.15, -0.1) is 0 Å². The maximum atomic E-state index is 5.74. The van der Waals surface area contributed by atoms with Crippen LogP contribution in [-0.2, 0) is 0 Å². The van der Waals surface area contributed by atoms with Gasteiger partial charge in [-0.2, -0.15) is 0 Å². The molecule has 1 aromatic heterocycles. The lowest BCUT2D eigenvalue weighted by Gasteiger charge is -2.40. The van der Waals surface area contributed by atoms with Gasteiger partial charge in [-0.25, -0.2) is 4.98 Å². The third-order valence-corrected chi connectivity index (χ3v) is 6.23. The molecule has 0 bridgehead atoms. The standard InChI is InChI=1S/C27H40N4O/c1-5-10-25(11-6-2)30-15-17-31(18-16-30)27-22(3)20-24(21-29-27)23(4)28-14-19-32-26-12-8-7-9-13-26/h7-9,12-13,20-21,25,28H,4-6,10-11,14-19H2,1-3H3. The zero-order valence-corrected chi connectivity index (χ0v) is 20.1. The highest BCUT2D eigenvalue weighted by Gasteiger charge is 2.24. The molecular formula is C27H40N4O. The van der Waals surface area contributed by atoms with Gasteiger partial charge in [-0.1, -0.05) is 51.5 Å². The second kappa shape index (κ2) is 12.5. The summed E-state index contributed by atoms with van der Waals surface area (Å²) in [6.07, 6.45) is 7.10. The number of piperazine rings is 1. The van der Waals surface area contributed by atoms with E-state index < -0.39 is 0 Å². The van der Waals surface area contributed by atoms with Crippen LogP contribution in [0.15, 0.2) is 49.2 Å².